The molecule has 4 heteroatoms. The third-order valence-electron chi connectivity index (χ3n) is 2.63. The van der Waals surface area contributed by atoms with E-state index in [1.54, 1.807) is 13.0 Å². The number of benzene rings is 1. The molecular weight excluding hydrogens is 270 g/mol. The van der Waals surface area contributed by atoms with Gasteiger partial charge in [0.05, 0.1) is 6.61 Å². The van der Waals surface area contributed by atoms with Crippen LogP contribution >= 0.6 is 11.3 Å². The summed E-state index contributed by atoms with van der Waals surface area (Å²) in [6, 6.07) is 13.8. The quantitative estimate of drug-likeness (QED) is 0.486. The summed E-state index contributed by atoms with van der Waals surface area (Å²) in [5, 5.41) is 11.0. The van der Waals surface area contributed by atoms with E-state index in [1.165, 1.54) is 11.3 Å². The lowest BCUT2D eigenvalue weighted by molar-refractivity contribution is -0.137. The Morgan fingerprint density at radius 3 is 2.75 bits per heavy atom. The zero-order valence-corrected chi connectivity index (χ0v) is 11.8. The minimum atomic E-state index is -0.579. The van der Waals surface area contributed by atoms with E-state index in [-0.39, 0.29) is 12.2 Å². The van der Waals surface area contributed by atoms with Crippen LogP contribution in [0, 0.1) is 11.3 Å². The van der Waals surface area contributed by atoms with Gasteiger partial charge in [0.25, 0.3) is 0 Å². The molecule has 1 aromatic heterocycles. The van der Waals surface area contributed by atoms with E-state index in [9.17, 15) is 4.79 Å². The summed E-state index contributed by atoms with van der Waals surface area (Å²) in [5.74, 6) is -0.579. The van der Waals surface area contributed by atoms with Crippen LogP contribution in [-0.4, -0.2) is 12.6 Å². The molecule has 0 aliphatic rings. The van der Waals surface area contributed by atoms with Gasteiger partial charge in [-0.1, -0.05) is 30.3 Å². The predicted molar refractivity (Wildman–Crippen MR) is 80.0 cm³/mol. The van der Waals surface area contributed by atoms with Gasteiger partial charge in [-0.3, -0.25) is 0 Å². The molecule has 0 saturated carbocycles. The number of ether oxygens (including phenoxy) is 1. The maximum Gasteiger partial charge on any atom is 0.348 e. The van der Waals surface area contributed by atoms with Crippen molar-refractivity contribution in [2.45, 2.75) is 6.92 Å². The summed E-state index contributed by atoms with van der Waals surface area (Å²) in [5.41, 5.74) is 2.20. The summed E-state index contributed by atoms with van der Waals surface area (Å²) in [7, 11) is 0. The number of carbonyl (C=O) groups excluding carboxylic acids is 1. The molecule has 0 atom stereocenters. The first kappa shape index (κ1) is 14.0. The average Bonchev–Trinajstić information content (AvgIpc) is 2.94. The van der Waals surface area contributed by atoms with Crippen molar-refractivity contribution in [1.82, 2.24) is 0 Å². The summed E-state index contributed by atoms with van der Waals surface area (Å²) in [6.07, 6.45) is 1.56. The molecular formula is C16H13NO2S. The lowest BCUT2D eigenvalue weighted by Crippen LogP contribution is -2.05. The van der Waals surface area contributed by atoms with E-state index < -0.39 is 5.97 Å². The van der Waals surface area contributed by atoms with Crippen LogP contribution in [0.4, 0.5) is 0 Å². The van der Waals surface area contributed by atoms with Gasteiger partial charge in [-0.2, -0.15) is 5.26 Å². The monoisotopic (exact) mass is 283 g/mol. The van der Waals surface area contributed by atoms with E-state index in [2.05, 4.69) is 0 Å². The number of esters is 1. The molecule has 1 aromatic carbocycles. The molecule has 100 valence electrons. The van der Waals surface area contributed by atoms with E-state index >= 15 is 0 Å². The van der Waals surface area contributed by atoms with Crippen LogP contribution in [-0.2, 0) is 9.53 Å². The number of hydrogen-bond acceptors (Lipinski definition) is 4. The Morgan fingerprint density at radius 2 is 2.10 bits per heavy atom. The minimum Gasteiger partial charge on any atom is -0.462 e. The second-order valence-electron chi connectivity index (χ2n) is 3.99. The average molecular weight is 283 g/mol. The SMILES string of the molecule is CCOC(=O)/C(C#N)=C/c1cc(-c2ccccc2)cs1. The second-order valence-corrected chi connectivity index (χ2v) is 4.94. The zero-order chi connectivity index (χ0) is 14.4. The first-order valence-electron chi connectivity index (χ1n) is 6.17. The molecule has 2 aromatic rings. The fourth-order valence-corrected chi connectivity index (χ4v) is 2.55. The van der Waals surface area contributed by atoms with Crippen LogP contribution in [0.1, 0.15) is 11.8 Å². The molecule has 0 bridgehead atoms. The maximum absolute atomic E-state index is 11.5. The summed E-state index contributed by atoms with van der Waals surface area (Å²) < 4.78 is 4.83. The van der Waals surface area contributed by atoms with Crippen molar-refractivity contribution in [2.75, 3.05) is 6.61 Å². The van der Waals surface area contributed by atoms with Crippen LogP contribution in [0.2, 0.25) is 0 Å². The van der Waals surface area contributed by atoms with E-state index in [1.807, 2.05) is 47.8 Å². The smallest absolute Gasteiger partial charge is 0.348 e. The Bertz CT molecular complexity index is 665. The van der Waals surface area contributed by atoms with Gasteiger partial charge in [-0.05, 0) is 35.6 Å². The normalized spacial score (nSPS) is 10.9. The van der Waals surface area contributed by atoms with Gasteiger partial charge in [-0.15, -0.1) is 11.3 Å². The van der Waals surface area contributed by atoms with Crippen molar-refractivity contribution in [3.05, 3.63) is 52.2 Å². The van der Waals surface area contributed by atoms with Crippen LogP contribution in [0.5, 0.6) is 0 Å². The Morgan fingerprint density at radius 1 is 1.35 bits per heavy atom. The van der Waals surface area contributed by atoms with Gasteiger partial charge in [0.15, 0.2) is 0 Å². The molecule has 0 aliphatic carbocycles. The maximum atomic E-state index is 11.5. The van der Waals surface area contributed by atoms with Gasteiger partial charge < -0.3 is 4.74 Å². The molecule has 0 N–H and O–H groups in total. The lowest BCUT2D eigenvalue weighted by atomic mass is 10.1. The van der Waals surface area contributed by atoms with E-state index in [4.69, 9.17) is 10.00 Å². The van der Waals surface area contributed by atoms with Gasteiger partial charge in [0, 0.05) is 4.88 Å². The fraction of sp³-hybridized carbons (Fsp3) is 0.125. The highest BCUT2D eigenvalue weighted by molar-refractivity contribution is 7.11. The molecule has 0 spiro atoms. The summed E-state index contributed by atoms with van der Waals surface area (Å²) >= 11 is 1.49. The fourth-order valence-electron chi connectivity index (χ4n) is 1.70. The second kappa shape index (κ2) is 6.69. The molecule has 3 nitrogen and oxygen atoms in total. The largest absolute Gasteiger partial charge is 0.462 e. The lowest BCUT2D eigenvalue weighted by Gasteiger charge is -1.98. The van der Waals surface area contributed by atoms with Gasteiger partial charge in [-0.25, -0.2) is 4.79 Å². The van der Waals surface area contributed by atoms with Crippen LogP contribution in [0.15, 0.2) is 47.4 Å². The number of nitriles is 1. The van der Waals surface area contributed by atoms with E-state index in [0.29, 0.717) is 0 Å². The van der Waals surface area contributed by atoms with Crippen molar-refractivity contribution in [1.29, 1.82) is 5.26 Å². The van der Waals surface area contributed by atoms with Crippen molar-refractivity contribution in [3.8, 4) is 17.2 Å². The third kappa shape index (κ3) is 3.34. The Labute approximate surface area is 121 Å². The molecule has 1 heterocycles. The van der Waals surface area contributed by atoms with Gasteiger partial charge in [0.1, 0.15) is 11.6 Å². The van der Waals surface area contributed by atoms with Crippen molar-refractivity contribution < 1.29 is 9.53 Å². The number of nitrogens with zero attached hydrogens (tertiary/aromatic N) is 1. The molecule has 0 amide bonds. The number of hydrogen-bond donors (Lipinski definition) is 0. The first-order chi connectivity index (χ1) is 9.74. The highest BCUT2D eigenvalue weighted by Gasteiger charge is 2.10. The Balaban J connectivity index is 2.25. The van der Waals surface area contributed by atoms with Crippen molar-refractivity contribution in [3.63, 3.8) is 0 Å². The molecule has 20 heavy (non-hydrogen) atoms. The molecule has 0 fully saturated rings. The van der Waals surface area contributed by atoms with E-state index in [0.717, 1.165) is 16.0 Å². The topological polar surface area (TPSA) is 50.1 Å². The summed E-state index contributed by atoms with van der Waals surface area (Å²) in [6.45, 7) is 1.98. The third-order valence-corrected chi connectivity index (χ3v) is 3.51. The van der Waals surface area contributed by atoms with Gasteiger partial charge in [0.2, 0.25) is 0 Å². The number of thiophene rings is 1. The number of carbonyl (C=O) groups is 1. The molecule has 0 aliphatic heterocycles. The van der Waals surface area contributed by atoms with Crippen molar-refractivity contribution >= 4 is 23.4 Å². The summed E-state index contributed by atoms with van der Waals surface area (Å²) in [4.78, 5) is 12.4. The molecule has 0 saturated heterocycles. The van der Waals surface area contributed by atoms with Gasteiger partial charge >= 0.3 is 5.97 Å². The first-order valence-corrected chi connectivity index (χ1v) is 7.05. The van der Waals surface area contributed by atoms with Crippen LogP contribution < -0.4 is 0 Å². The molecule has 2 rings (SSSR count). The highest BCUT2D eigenvalue weighted by Crippen LogP contribution is 2.26. The standard InChI is InChI=1S/C16H13NO2S/c1-2-19-16(18)13(10-17)8-15-9-14(11-20-15)12-6-4-3-5-7-12/h3-9,11H,2H2,1H3/b13-8+. The number of rotatable bonds is 4. The predicted octanol–water partition coefficient (Wildman–Crippen LogP) is 3.89. The molecule has 0 unspecified atom stereocenters. The van der Waals surface area contributed by atoms with Crippen LogP contribution in [0.25, 0.3) is 17.2 Å². The highest BCUT2D eigenvalue weighted by atomic mass is 32.1. The Hall–Kier alpha value is -2.38. The van der Waals surface area contributed by atoms with Crippen molar-refractivity contribution in [2.24, 2.45) is 0 Å². The van der Waals surface area contributed by atoms with Crippen LogP contribution in [0.3, 0.4) is 0 Å². The zero-order valence-electron chi connectivity index (χ0n) is 11.0. The Kier molecular flexibility index (Phi) is 4.70. The minimum absolute atomic E-state index is 0.0216. The molecule has 0 radical (unpaired) electrons.